The number of hydrogen-bond acceptors (Lipinski definition) is 2. The van der Waals surface area contributed by atoms with Crippen molar-refractivity contribution in [1.29, 1.82) is 0 Å². The van der Waals surface area contributed by atoms with Gasteiger partial charge >= 0.3 is 6.18 Å². The molecule has 1 heterocycles. The van der Waals surface area contributed by atoms with Gasteiger partial charge in [-0.2, -0.15) is 13.2 Å². The minimum Gasteiger partial charge on any atom is -0.337 e. The summed E-state index contributed by atoms with van der Waals surface area (Å²) in [6.07, 6.45) is -4.54. The molecule has 0 saturated carbocycles. The van der Waals surface area contributed by atoms with Crippen LogP contribution >= 0.6 is 27.3 Å². The molecule has 0 atom stereocenters. The number of alkyl halides is 3. The topological polar surface area (TPSA) is 20.3 Å². The summed E-state index contributed by atoms with van der Waals surface area (Å²) < 4.78 is 39.7. The van der Waals surface area contributed by atoms with Crippen molar-refractivity contribution in [2.24, 2.45) is 0 Å². The lowest BCUT2D eigenvalue weighted by Crippen LogP contribution is -2.28. The molecule has 21 heavy (non-hydrogen) atoms. The van der Waals surface area contributed by atoms with E-state index in [0.29, 0.717) is 0 Å². The molecule has 0 unspecified atom stereocenters. The molecule has 2 nitrogen and oxygen atoms in total. The zero-order chi connectivity index (χ0) is 15.6. The van der Waals surface area contributed by atoms with Crippen molar-refractivity contribution in [3.63, 3.8) is 0 Å². The number of thiophene rings is 1. The lowest BCUT2D eigenvalue weighted by atomic mass is 10.1. The molecule has 0 radical (unpaired) electrons. The Labute approximate surface area is 132 Å². The van der Waals surface area contributed by atoms with Crippen molar-refractivity contribution in [1.82, 2.24) is 4.90 Å². The smallest absolute Gasteiger partial charge is 0.337 e. The Bertz CT molecular complexity index is 654. The number of benzene rings is 1. The highest BCUT2D eigenvalue weighted by molar-refractivity contribution is 9.11. The molecule has 7 heteroatoms. The van der Waals surface area contributed by atoms with Gasteiger partial charge < -0.3 is 4.90 Å². The Morgan fingerprint density at radius 2 is 2.00 bits per heavy atom. The molecule has 112 valence electrons. The Hall–Kier alpha value is -1.34. The van der Waals surface area contributed by atoms with E-state index in [-0.39, 0.29) is 12.1 Å². The van der Waals surface area contributed by atoms with Gasteiger partial charge in [0.25, 0.3) is 5.91 Å². The third-order valence-corrected chi connectivity index (χ3v) is 4.40. The quantitative estimate of drug-likeness (QED) is 0.751. The van der Waals surface area contributed by atoms with Crippen LogP contribution in [0.5, 0.6) is 0 Å². The van der Waals surface area contributed by atoms with Crippen molar-refractivity contribution in [2.45, 2.75) is 12.7 Å². The van der Waals surface area contributed by atoms with E-state index in [2.05, 4.69) is 15.9 Å². The van der Waals surface area contributed by atoms with Crippen LogP contribution in [0.1, 0.15) is 21.5 Å². The van der Waals surface area contributed by atoms with Gasteiger partial charge in [-0.25, -0.2) is 0 Å². The minimum atomic E-state index is -4.54. The van der Waals surface area contributed by atoms with E-state index >= 15 is 0 Å². The molecule has 0 aliphatic carbocycles. The Balaban J connectivity index is 2.24. The molecule has 2 aromatic rings. The van der Waals surface area contributed by atoms with Crippen LogP contribution in [0.15, 0.2) is 39.5 Å². The molecule has 1 aromatic heterocycles. The number of amides is 1. The van der Waals surface area contributed by atoms with Crippen molar-refractivity contribution >= 4 is 33.2 Å². The van der Waals surface area contributed by atoms with Crippen LogP contribution in [0.3, 0.4) is 0 Å². The van der Waals surface area contributed by atoms with Gasteiger partial charge in [-0.3, -0.25) is 4.79 Å². The molecule has 0 saturated heterocycles. The zero-order valence-corrected chi connectivity index (χ0v) is 13.3. The van der Waals surface area contributed by atoms with Crippen LogP contribution in [0.4, 0.5) is 13.2 Å². The maximum Gasteiger partial charge on any atom is 0.417 e. The van der Waals surface area contributed by atoms with E-state index in [0.717, 1.165) is 15.4 Å². The average molecular weight is 378 g/mol. The van der Waals surface area contributed by atoms with Crippen molar-refractivity contribution in [2.75, 3.05) is 7.05 Å². The first-order valence-electron chi connectivity index (χ1n) is 5.93. The van der Waals surface area contributed by atoms with Crippen LogP contribution < -0.4 is 0 Å². The number of halogens is 4. The molecule has 0 aliphatic rings. The number of carbonyl (C=O) groups is 1. The molecule has 0 spiro atoms. The number of carbonyl (C=O) groups excluding carboxylic acids is 1. The van der Waals surface area contributed by atoms with Crippen LogP contribution in [0.2, 0.25) is 0 Å². The maximum atomic E-state index is 12.9. The van der Waals surface area contributed by atoms with E-state index in [4.69, 9.17) is 0 Å². The molecule has 0 bridgehead atoms. The molecule has 0 N–H and O–H groups in total. The third-order valence-electron chi connectivity index (χ3n) is 2.85. The second kappa shape index (κ2) is 6.19. The summed E-state index contributed by atoms with van der Waals surface area (Å²) in [5.41, 5.74) is -0.373. The number of hydrogen-bond donors (Lipinski definition) is 0. The summed E-state index contributed by atoms with van der Waals surface area (Å²) in [6, 6.07) is 6.66. The van der Waals surface area contributed by atoms with E-state index in [1.54, 1.807) is 0 Å². The van der Waals surface area contributed by atoms with Gasteiger partial charge in [0, 0.05) is 13.6 Å². The van der Waals surface area contributed by atoms with Crippen molar-refractivity contribution in [3.05, 3.63) is 56.2 Å². The summed E-state index contributed by atoms with van der Waals surface area (Å²) in [4.78, 5) is 13.5. The highest BCUT2D eigenvalue weighted by Gasteiger charge is 2.35. The Morgan fingerprint density at radius 1 is 1.33 bits per heavy atom. The Morgan fingerprint density at radius 3 is 2.57 bits per heavy atom. The Kier molecular flexibility index (Phi) is 4.73. The fraction of sp³-hybridized carbons (Fsp3) is 0.214. The fourth-order valence-corrected chi connectivity index (χ4v) is 3.10. The summed E-state index contributed by atoms with van der Waals surface area (Å²) in [5.74, 6) is -0.648. The molecule has 2 rings (SSSR count). The molecule has 0 fully saturated rings. The lowest BCUT2D eigenvalue weighted by Gasteiger charge is -2.19. The van der Waals surface area contributed by atoms with Gasteiger partial charge in [-0.15, -0.1) is 11.3 Å². The summed E-state index contributed by atoms with van der Waals surface area (Å²) in [6.45, 7) is 0.257. The second-order valence-electron chi connectivity index (χ2n) is 4.46. The third kappa shape index (κ3) is 3.85. The molecular weight excluding hydrogens is 367 g/mol. The standard InChI is InChI=1S/C14H11BrF3NOS/c1-19(7-9-6-12(15)21-8-9)13(20)10-4-2-3-5-11(10)14(16,17)18/h2-6,8H,7H2,1H3. The summed E-state index contributed by atoms with van der Waals surface area (Å²) in [5, 5.41) is 1.85. The highest BCUT2D eigenvalue weighted by Crippen LogP contribution is 2.32. The van der Waals surface area contributed by atoms with Crippen LogP contribution in [0, 0.1) is 0 Å². The first-order valence-corrected chi connectivity index (χ1v) is 7.61. The predicted molar refractivity (Wildman–Crippen MR) is 79.3 cm³/mol. The molecular formula is C14H11BrF3NOS. The van der Waals surface area contributed by atoms with Crippen molar-refractivity contribution < 1.29 is 18.0 Å². The first kappa shape index (κ1) is 16.0. The van der Waals surface area contributed by atoms with Gasteiger partial charge in [0.15, 0.2) is 0 Å². The zero-order valence-electron chi connectivity index (χ0n) is 10.9. The van der Waals surface area contributed by atoms with Crippen LogP contribution in [-0.4, -0.2) is 17.9 Å². The highest BCUT2D eigenvalue weighted by atomic mass is 79.9. The van der Waals surface area contributed by atoms with Crippen LogP contribution in [0.25, 0.3) is 0 Å². The van der Waals surface area contributed by atoms with Gasteiger partial charge in [0.1, 0.15) is 0 Å². The van der Waals surface area contributed by atoms with Gasteiger partial charge in [0.05, 0.1) is 14.9 Å². The second-order valence-corrected chi connectivity index (χ2v) is 6.75. The SMILES string of the molecule is CN(Cc1csc(Br)c1)C(=O)c1ccccc1C(F)(F)F. The van der Waals surface area contributed by atoms with E-state index < -0.39 is 17.6 Å². The van der Waals surface area contributed by atoms with E-state index in [9.17, 15) is 18.0 Å². The summed E-state index contributed by atoms with van der Waals surface area (Å²) in [7, 11) is 1.49. The minimum absolute atomic E-state index is 0.257. The van der Waals surface area contributed by atoms with E-state index in [1.165, 1.54) is 41.5 Å². The largest absolute Gasteiger partial charge is 0.417 e. The van der Waals surface area contributed by atoms with Crippen molar-refractivity contribution in [3.8, 4) is 0 Å². The normalized spacial score (nSPS) is 11.5. The van der Waals surface area contributed by atoms with E-state index in [1.807, 2.05) is 11.4 Å². The number of rotatable bonds is 3. The first-order chi connectivity index (χ1) is 9.79. The number of nitrogens with zero attached hydrogens (tertiary/aromatic N) is 1. The molecule has 1 aromatic carbocycles. The molecule has 1 amide bonds. The monoisotopic (exact) mass is 377 g/mol. The lowest BCUT2D eigenvalue weighted by molar-refractivity contribution is -0.138. The van der Waals surface area contributed by atoms with Gasteiger partial charge in [-0.1, -0.05) is 12.1 Å². The summed E-state index contributed by atoms with van der Waals surface area (Å²) >= 11 is 4.77. The molecule has 0 aliphatic heterocycles. The average Bonchev–Trinajstić information content (AvgIpc) is 2.82. The van der Waals surface area contributed by atoms with Gasteiger partial charge in [0.2, 0.25) is 0 Å². The predicted octanol–water partition coefficient (Wildman–Crippen LogP) is 4.80. The van der Waals surface area contributed by atoms with Gasteiger partial charge in [-0.05, 0) is 45.1 Å². The maximum absolute atomic E-state index is 12.9. The van der Waals surface area contributed by atoms with Crippen LogP contribution in [-0.2, 0) is 12.7 Å². The fourth-order valence-electron chi connectivity index (χ4n) is 1.90.